The second kappa shape index (κ2) is 6.31. The largest absolute Gasteiger partial charge is 0.361 e. The predicted molar refractivity (Wildman–Crippen MR) is 91.2 cm³/mol. The van der Waals surface area contributed by atoms with Crippen LogP contribution in [-0.2, 0) is 6.54 Å². The number of hydrogen-bond acceptors (Lipinski definition) is 4. The van der Waals surface area contributed by atoms with Crippen molar-refractivity contribution in [2.45, 2.75) is 13.5 Å². The summed E-state index contributed by atoms with van der Waals surface area (Å²) in [5, 5.41) is 4.77. The zero-order valence-corrected chi connectivity index (χ0v) is 14.4. The number of halogens is 2. The van der Waals surface area contributed by atoms with Crippen molar-refractivity contribution in [3.63, 3.8) is 0 Å². The number of thiazole rings is 1. The van der Waals surface area contributed by atoms with E-state index >= 15 is 0 Å². The molecule has 0 fully saturated rings. The van der Waals surface area contributed by atoms with E-state index in [0.29, 0.717) is 27.2 Å². The quantitative estimate of drug-likeness (QED) is 0.650. The summed E-state index contributed by atoms with van der Waals surface area (Å²) >= 11 is 13.8. The normalized spacial score (nSPS) is 12.0. The second-order valence-corrected chi connectivity index (χ2v) is 6.52. The van der Waals surface area contributed by atoms with Crippen molar-refractivity contribution in [1.29, 1.82) is 0 Å². The summed E-state index contributed by atoms with van der Waals surface area (Å²) in [6.07, 6.45) is 1.70. The zero-order valence-electron chi connectivity index (χ0n) is 12.0. The molecule has 0 N–H and O–H groups in total. The Morgan fingerprint density at radius 2 is 2.22 bits per heavy atom. The number of aryl methyl sites for hydroxylation is 1. The summed E-state index contributed by atoms with van der Waals surface area (Å²) in [5.74, 6) is 0.0587. The lowest BCUT2D eigenvalue weighted by molar-refractivity contribution is 0.0989. The summed E-state index contributed by atoms with van der Waals surface area (Å²) in [5.41, 5.74) is 0.884. The summed E-state index contributed by atoms with van der Waals surface area (Å²) in [7, 11) is 0. The fourth-order valence-electron chi connectivity index (χ4n) is 2.11. The number of nitrogens with zero attached hydrogens (tertiary/aromatic N) is 3. The molecule has 0 aliphatic rings. The topological polar surface area (TPSA) is 60.4 Å². The van der Waals surface area contributed by atoms with Crippen LogP contribution in [0.4, 0.5) is 0 Å². The number of carbonyl (C=O) groups excluding carboxylic acids is 1. The molecular formula is C15H11Cl2N3O2S. The standard InChI is InChI=1S/C15H11Cl2N3O2S/c1-3-6-20-12-9(16)4-5-10(17)13(12)23-15(20)18-14(21)11-7-8(2)22-19-11/h3-5,7H,1,6H2,2H3. The van der Waals surface area contributed by atoms with Crippen LogP contribution in [0.25, 0.3) is 10.2 Å². The first-order chi connectivity index (χ1) is 11.0. The average molecular weight is 368 g/mol. The highest BCUT2D eigenvalue weighted by molar-refractivity contribution is 7.17. The van der Waals surface area contributed by atoms with Crippen molar-refractivity contribution in [3.05, 3.63) is 57.2 Å². The molecule has 2 heterocycles. The number of fused-ring (bicyclic) bond motifs is 1. The van der Waals surface area contributed by atoms with Crippen LogP contribution in [0.15, 0.2) is 40.4 Å². The molecule has 23 heavy (non-hydrogen) atoms. The summed E-state index contributed by atoms with van der Waals surface area (Å²) in [6, 6.07) is 4.97. The Bertz CT molecular complexity index is 984. The molecule has 0 aliphatic carbocycles. The SMILES string of the molecule is C=CCn1c(=NC(=O)c2cc(C)on2)sc2c(Cl)ccc(Cl)c21. The fraction of sp³-hybridized carbons (Fsp3) is 0.133. The van der Waals surface area contributed by atoms with E-state index in [-0.39, 0.29) is 5.69 Å². The van der Waals surface area contributed by atoms with Gasteiger partial charge < -0.3 is 9.09 Å². The molecule has 0 bridgehead atoms. The zero-order chi connectivity index (χ0) is 16.6. The molecule has 0 radical (unpaired) electrons. The first-order valence-corrected chi connectivity index (χ1v) is 8.19. The van der Waals surface area contributed by atoms with E-state index in [9.17, 15) is 4.79 Å². The van der Waals surface area contributed by atoms with Gasteiger partial charge in [0.25, 0.3) is 0 Å². The van der Waals surface area contributed by atoms with Gasteiger partial charge in [-0.15, -0.1) is 6.58 Å². The number of carbonyl (C=O) groups is 1. The number of hydrogen-bond donors (Lipinski definition) is 0. The van der Waals surface area contributed by atoms with Crippen LogP contribution in [0.3, 0.4) is 0 Å². The third-order valence-corrected chi connectivity index (χ3v) is 4.93. The maximum absolute atomic E-state index is 12.2. The number of rotatable bonds is 3. The highest BCUT2D eigenvalue weighted by Gasteiger charge is 2.15. The van der Waals surface area contributed by atoms with Crippen molar-refractivity contribution in [3.8, 4) is 0 Å². The van der Waals surface area contributed by atoms with Crippen LogP contribution in [0.1, 0.15) is 16.2 Å². The Labute approximate surface area is 145 Å². The van der Waals surface area contributed by atoms with Crippen molar-refractivity contribution in [1.82, 2.24) is 9.72 Å². The van der Waals surface area contributed by atoms with Crippen LogP contribution >= 0.6 is 34.5 Å². The monoisotopic (exact) mass is 367 g/mol. The van der Waals surface area contributed by atoms with E-state index in [0.717, 1.165) is 10.2 Å². The van der Waals surface area contributed by atoms with Gasteiger partial charge in [-0.3, -0.25) is 4.79 Å². The molecule has 0 atom stereocenters. The molecule has 0 spiro atoms. The summed E-state index contributed by atoms with van der Waals surface area (Å²) in [6.45, 7) is 5.89. The second-order valence-electron chi connectivity index (χ2n) is 4.73. The van der Waals surface area contributed by atoms with Crippen LogP contribution in [0.2, 0.25) is 10.0 Å². The lowest BCUT2D eigenvalue weighted by Gasteiger charge is -2.03. The third-order valence-electron chi connectivity index (χ3n) is 3.08. The third kappa shape index (κ3) is 2.97. The van der Waals surface area contributed by atoms with E-state index in [2.05, 4.69) is 16.7 Å². The van der Waals surface area contributed by atoms with E-state index in [4.69, 9.17) is 27.7 Å². The molecule has 0 saturated heterocycles. The van der Waals surface area contributed by atoms with Crippen LogP contribution in [0.5, 0.6) is 0 Å². The lowest BCUT2D eigenvalue weighted by Crippen LogP contribution is -2.16. The molecule has 3 aromatic rings. The molecule has 1 amide bonds. The van der Waals surface area contributed by atoms with Gasteiger partial charge in [-0.05, 0) is 19.1 Å². The van der Waals surface area contributed by atoms with Gasteiger partial charge in [-0.2, -0.15) is 4.99 Å². The minimum atomic E-state index is -0.488. The maximum atomic E-state index is 12.2. The van der Waals surface area contributed by atoms with Crippen LogP contribution < -0.4 is 4.80 Å². The minimum Gasteiger partial charge on any atom is -0.361 e. The molecule has 2 aromatic heterocycles. The molecular weight excluding hydrogens is 357 g/mol. The van der Waals surface area contributed by atoms with Crippen molar-refractivity contribution < 1.29 is 9.32 Å². The highest BCUT2D eigenvalue weighted by Crippen LogP contribution is 2.31. The lowest BCUT2D eigenvalue weighted by atomic mass is 10.3. The Morgan fingerprint density at radius 1 is 1.48 bits per heavy atom. The fourth-order valence-corrected chi connectivity index (χ4v) is 3.76. The first-order valence-electron chi connectivity index (χ1n) is 6.62. The van der Waals surface area contributed by atoms with Gasteiger partial charge in [0, 0.05) is 12.6 Å². The van der Waals surface area contributed by atoms with E-state index in [1.165, 1.54) is 17.4 Å². The van der Waals surface area contributed by atoms with E-state index in [1.54, 1.807) is 29.7 Å². The molecule has 8 heteroatoms. The van der Waals surface area contributed by atoms with Crippen molar-refractivity contribution in [2.24, 2.45) is 4.99 Å². The van der Waals surface area contributed by atoms with Gasteiger partial charge in [0.1, 0.15) is 5.76 Å². The van der Waals surface area contributed by atoms with Crippen molar-refractivity contribution >= 4 is 50.7 Å². The Kier molecular flexibility index (Phi) is 4.39. The van der Waals surface area contributed by atoms with E-state index < -0.39 is 5.91 Å². The number of allylic oxidation sites excluding steroid dienone is 1. The van der Waals surface area contributed by atoms with Crippen LogP contribution in [0, 0.1) is 6.92 Å². The van der Waals surface area contributed by atoms with Gasteiger partial charge in [0.2, 0.25) is 0 Å². The molecule has 3 rings (SSSR count). The predicted octanol–water partition coefficient (Wildman–Crippen LogP) is 4.23. The summed E-state index contributed by atoms with van der Waals surface area (Å²) in [4.78, 5) is 16.9. The van der Waals surface area contributed by atoms with Gasteiger partial charge in [0.05, 0.1) is 20.3 Å². The van der Waals surface area contributed by atoms with Crippen LogP contribution in [-0.4, -0.2) is 15.6 Å². The first kappa shape index (κ1) is 16.0. The number of benzene rings is 1. The highest BCUT2D eigenvalue weighted by atomic mass is 35.5. The Balaban J connectivity index is 2.24. The van der Waals surface area contributed by atoms with E-state index in [1.807, 2.05) is 0 Å². The van der Waals surface area contributed by atoms with Crippen molar-refractivity contribution in [2.75, 3.05) is 0 Å². The van der Waals surface area contributed by atoms with Gasteiger partial charge in [-0.25, -0.2) is 0 Å². The van der Waals surface area contributed by atoms with Gasteiger partial charge in [0.15, 0.2) is 10.5 Å². The number of amides is 1. The molecule has 118 valence electrons. The minimum absolute atomic E-state index is 0.155. The Morgan fingerprint density at radius 3 is 2.87 bits per heavy atom. The molecule has 5 nitrogen and oxygen atoms in total. The maximum Gasteiger partial charge on any atom is 0.301 e. The Hall–Kier alpha value is -1.89. The molecule has 0 unspecified atom stereocenters. The van der Waals surface area contributed by atoms with Gasteiger partial charge >= 0.3 is 5.91 Å². The number of aromatic nitrogens is 2. The average Bonchev–Trinajstić information content (AvgIpc) is 3.09. The molecule has 0 saturated carbocycles. The summed E-state index contributed by atoms with van der Waals surface area (Å²) < 4.78 is 7.47. The molecule has 1 aromatic carbocycles. The molecule has 0 aliphatic heterocycles. The van der Waals surface area contributed by atoms with Gasteiger partial charge in [-0.1, -0.05) is 45.8 Å². The smallest absolute Gasteiger partial charge is 0.301 e.